The van der Waals surface area contributed by atoms with Crippen LogP contribution >= 0.6 is 20.1 Å². The molecule has 17 heavy (non-hydrogen) atoms. The molecule has 1 aliphatic rings. The van der Waals surface area contributed by atoms with E-state index in [0.29, 0.717) is 5.56 Å². The number of hydrogen-bond donors (Lipinski definition) is 1. The number of aromatic carboxylic acids is 1. The standard InChI is InChI=1S/C13H20O2S2/c1-16(2)7-8-17(3,4)12-9-10(13(14)15)5-6-11(12)16/h5-6,9H,7-8H2,1-4H3,(H,14,15). The van der Waals surface area contributed by atoms with Gasteiger partial charge in [0.1, 0.15) is 0 Å². The summed E-state index contributed by atoms with van der Waals surface area (Å²) in [6.07, 6.45) is 9.26. The molecule has 0 amide bonds. The van der Waals surface area contributed by atoms with Gasteiger partial charge in [-0.2, -0.15) is 0 Å². The van der Waals surface area contributed by atoms with Crippen molar-refractivity contribution < 1.29 is 9.90 Å². The summed E-state index contributed by atoms with van der Waals surface area (Å²) in [6.45, 7) is 0. The van der Waals surface area contributed by atoms with E-state index < -0.39 is 26.0 Å². The van der Waals surface area contributed by atoms with Crippen LogP contribution in [-0.2, 0) is 0 Å². The second kappa shape index (κ2) is 3.95. The van der Waals surface area contributed by atoms with Gasteiger partial charge in [-0.3, -0.25) is 0 Å². The Morgan fingerprint density at radius 1 is 1.06 bits per heavy atom. The summed E-state index contributed by atoms with van der Waals surface area (Å²) in [4.78, 5) is 13.8. The molecule has 0 unspecified atom stereocenters. The predicted octanol–water partition coefficient (Wildman–Crippen LogP) is 3.24. The van der Waals surface area contributed by atoms with Gasteiger partial charge in [0.05, 0.1) is 5.56 Å². The Balaban J connectivity index is 2.64. The average Bonchev–Trinajstić information content (AvgIpc) is 2.24. The molecule has 2 nitrogen and oxygen atoms in total. The van der Waals surface area contributed by atoms with Crippen LogP contribution in [-0.4, -0.2) is 47.6 Å². The lowest BCUT2D eigenvalue weighted by molar-refractivity contribution is 0.0696. The van der Waals surface area contributed by atoms with Crippen molar-refractivity contribution in [2.75, 3.05) is 36.5 Å². The summed E-state index contributed by atoms with van der Waals surface area (Å²) in [5.41, 5.74) is 0.432. The molecule has 2 rings (SSSR count). The molecule has 0 radical (unpaired) electrons. The van der Waals surface area contributed by atoms with Crippen LogP contribution in [0.2, 0.25) is 0 Å². The summed E-state index contributed by atoms with van der Waals surface area (Å²) in [7, 11) is -1.54. The molecule has 0 aromatic heterocycles. The molecular weight excluding hydrogens is 252 g/mol. The summed E-state index contributed by atoms with van der Waals surface area (Å²) >= 11 is 0. The fourth-order valence-corrected chi connectivity index (χ4v) is 9.39. The van der Waals surface area contributed by atoms with E-state index in [4.69, 9.17) is 5.11 Å². The number of carboxylic acid groups (broad SMARTS) is 1. The van der Waals surface area contributed by atoms with Gasteiger partial charge in [0.2, 0.25) is 0 Å². The Bertz CT molecular complexity index is 478. The number of benzene rings is 1. The second-order valence-electron chi connectivity index (χ2n) is 5.45. The molecule has 0 fully saturated rings. The first-order chi connectivity index (χ1) is 7.74. The van der Waals surface area contributed by atoms with E-state index in [9.17, 15) is 4.79 Å². The third kappa shape index (κ3) is 2.20. The van der Waals surface area contributed by atoms with E-state index in [1.54, 1.807) is 6.07 Å². The minimum Gasteiger partial charge on any atom is -0.478 e. The molecule has 1 aromatic rings. The first kappa shape index (κ1) is 12.8. The highest BCUT2D eigenvalue weighted by molar-refractivity contribution is 8.38. The Morgan fingerprint density at radius 2 is 1.59 bits per heavy atom. The minimum absolute atomic E-state index is 0.432. The summed E-state index contributed by atoms with van der Waals surface area (Å²) in [5.74, 6) is 1.68. The number of rotatable bonds is 1. The third-order valence-electron chi connectivity index (χ3n) is 3.49. The van der Waals surface area contributed by atoms with Gasteiger partial charge in [-0.15, -0.1) is 0 Å². The third-order valence-corrected chi connectivity index (χ3v) is 9.40. The lowest BCUT2D eigenvalue weighted by atomic mass is 10.2. The van der Waals surface area contributed by atoms with E-state index in [1.807, 2.05) is 6.07 Å². The average molecular weight is 272 g/mol. The van der Waals surface area contributed by atoms with Gasteiger partial charge in [-0.25, -0.2) is 24.9 Å². The maximum atomic E-state index is 11.1. The van der Waals surface area contributed by atoms with Crippen molar-refractivity contribution in [3.63, 3.8) is 0 Å². The van der Waals surface area contributed by atoms with Crippen LogP contribution in [0, 0.1) is 0 Å². The van der Waals surface area contributed by atoms with Gasteiger partial charge in [-0.1, -0.05) is 0 Å². The minimum atomic E-state index is -0.818. The van der Waals surface area contributed by atoms with Gasteiger partial charge in [0, 0.05) is 9.79 Å². The van der Waals surface area contributed by atoms with Crippen molar-refractivity contribution in [3.05, 3.63) is 23.8 Å². The fraction of sp³-hybridized carbons (Fsp3) is 0.462. The highest BCUT2D eigenvalue weighted by Gasteiger charge is 2.32. The van der Waals surface area contributed by atoms with E-state index in [2.05, 4.69) is 31.1 Å². The summed E-state index contributed by atoms with van der Waals surface area (Å²) in [5, 5.41) is 9.10. The molecule has 0 bridgehead atoms. The first-order valence-electron chi connectivity index (χ1n) is 5.53. The van der Waals surface area contributed by atoms with Crippen LogP contribution in [0.5, 0.6) is 0 Å². The smallest absolute Gasteiger partial charge is 0.335 e. The Kier molecular flexibility index (Phi) is 2.99. The van der Waals surface area contributed by atoms with E-state index in [0.717, 1.165) is 0 Å². The summed E-state index contributed by atoms with van der Waals surface area (Å²) < 4.78 is 0. The van der Waals surface area contributed by atoms with Gasteiger partial charge in [-0.05, 0) is 54.7 Å². The van der Waals surface area contributed by atoms with E-state index in [-0.39, 0.29) is 0 Å². The van der Waals surface area contributed by atoms with Gasteiger partial charge >= 0.3 is 5.97 Å². The van der Waals surface area contributed by atoms with Crippen molar-refractivity contribution >= 4 is 26.0 Å². The zero-order valence-corrected chi connectivity index (χ0v) is 12.5. The van der Waals surface area contributed by atoms with E-state index >= 15 is 0 Å². The largest absolute Gasteiger partial charge is 0.478 e. The number of hydrogen-bond acceptors (Lipinski definition) is 1. The molecule has 1 aliphatic heterocycles. The molecule has 4 heteroatoms. The normalized spacial score (nSPS) is 24.5. The zero-order chi connectivity index (χ0) is 12.8. The summed E-state index contributed by atoms with van der Waals surface area (Å²) in [6, 6.07) is 5.74. The molecule has 0 spiro atoms. The first-order valence-corrected chi connectivity index (χ1v) is 10.8. The molecule has 1 N–H and O–H groups in total. The molecule has 1 aromatic carbocycles. The molecular formula is C13H20O2S2. The zero-order valence-electron chi connectivity index (χ0n) is 10.8. The molecule has 0 saturated heterocycles. The maximum Gasteiger partial charge on any atom is 0.335 e. The molecule has 0 atom stereocenters. The van der Waals surface area contributed by atoms with Crippen molar-refractivity contribution in [3.8, 4) is 0 Å². The number of fused-ring (bicyclic) bond motifs is 1. The van der Waals surface area contributed by atoms with Crippen molar-refractivity contribution in [2.24, 2.45) is 0 Å². The number of carboxylic acids is 1. The highest BCUT2D eigenvalue weighted by Crippen LogP contribution is 2.66. The van der Waals surface area contributed by atoms with Crippen LogP contribution in [0.25, 0.3) is 0 Å². The van der Waals surface area contributed by atoms with Gasteiger partial charge < -0.3 is 5.11 Å². The van der Waals surface area contributed by atoms with Gasteiger partial charge in [0.15, 0.2) is 0 Å². The van der Waals surface area contributed by atoms with Crippen LogP contribution in [0.15, 0.2) is 28.0 Å². The quantitative estimate of drug-likeness (QED) is 0.852. The van der Waals surface area contributed by atoms with Crippen molar-refractivity contribution in [1.29, 1.82) is 0 Å². The van der Waals surface area contributed by atoms with E-state index in [1.165, 1.54) is 21.3 Å². The Labute approximate surface area is 106 Å². The Hall–Kier alpha value is -0.610. The molecule has 0 saturated carbocycles. The van der Waals surface area contributed by atoms with Crippen LogP contribution in [0.3, 0.4) is 0 Å². The van der Waals surface area contributed by atoms with Gasteiger partial charge in [0.25, 0.3) is 0 Å². The maximum absolute atomic E-state index is 11.1. The SMILES string of the molecule is CS1(C)CCS(C)(C)c2cc(C(=O)O)ccc21. The fourth-order valence-electron chi connectivity index (χ4n) is 2.17. The second-order valence-corrected chi connectivity index (χ2v) is 13.3. The predicted molar refractivity (Wildman–Crippen MR) is 78.5 cm³/mol. The van der Waals surface area contributed by atoms with Crippen LogP contribution < -0.4 is 0 Å². The lowest BCUT2D eigenvalue weighted by Crippen LogP contribution is -2.20. The Morgan fingerprint density at radius 3 is 2.12 bits per heavy atom. The molecule has 1 heterocycles. The van der Waals surface area contributed by atoms with Crippen molar-refractivity contribution in [2.45, 2.75) is 9.79 Å². The molecule has 0 aliphatic carbocycles. The molecule has 96 valence electrons. The van der Waals surface area contributed by atoms with Crippen molar-refractivity contribution in [1.82, 2.24) is 0 Å². The topological polar surface area (TPSA) is 37.3 Å². The highest BCUT2D eigenvalue weighted by atomic mass is 32.3. The monoisotopic (exact) mass is 272 g/mol. The lowest BCUT2D eigenvalue weighted by Gasteiger charge is -2.47. The number of carbonyl (C=O) groups is 1. The van der Waals surface area contributed by atoms with Crippen LogP contribution in [0.1, 0.15) is 10.4 Å². The van der Waals surface area contributed by atoms with Crippen LogP contribution in [0.4, 0.5) is 0 Å².